The van der Waals surface area contributed by atoms with Gasteiger partial charge in [0.15, 0.2) is 5.78 Å². The summed E-state index contributed by atoms with van der Waals surface area (Å²) in [7, 11) is 0. The zero-order valence-electron chi connectivity index (χ0n) is 15.2. The Labute approximate surface area is 157 Å². The van der Waals surface area contributed by atoms with Gasteiger partial charge in [-0.15, -0.1) is 0 Å². The number of Topliss-reactive ketones (excluding diaryl/α,β-unsaturated/α-hetero) is 1. The number of hydrogen-bond acceptors (Lipinski definition) is 5. The SMILES string of the molecule is Cc1ccc2c(c1)CC(=O)c1c(ccc(CC(=O)O)c1CCOCCO)O2. The minimum absolute atomic E-state index is 0.0917. The first kappa shape index (κ1) is 19.1. The summed E-state index contributed by atoms with van der Waals surface area (Å²) in [5.74, 6) is 0.0159. The number of carboxylic acid groups (broad SMARTS) is 1. The van der Waals surface area contributed by atoms with Crippen molar-refractivity contribution in [1.82, 2.24) is 0 Å². The van der Waals surface area contributed by atoms with E-state index in [1.54, 1.807) is 12.1 Å². The monoisotopic (exact) mass is 370 g/mol. The van der Waals surface area contributed by atoms with Crippen LogP contribution in [0.3, 0.4) is 0 Å². The number of aliphatic hydroxyl groups is 1. The summed E-state index contributed by atoms with van der Waals surface area (Å²) in [6.45, 7) is 2.34. The van der Waals surface area contributed by atoms with E-state index in [2.05, 4.69) is 0 Å². The highest BCUT2D eigenvalue weighted by atomic mass is 16.5. The Morgan fingerprint density at radius 2 is 1.96 bits per heavy atom. The number of hydrogen-bond donors (Lipinski definition) is 2. The fourth-order valence-electron chi connectivity index (χ4n) is 3.34. The topological polar surface area (TPSA) is 93.1 Å². The summed E-state index contributed by atoms with van der Waals surface area (Å²) in [4.78, 5) is 24.3. The minimum atomic E-state index is -0.964. The molecule has 0 atom stereocenters. The van der Waals surface area contributed by atoms with Crippen LogP contribution >= 0.6 is 0 Å². The lowest BCUT2D eigenvalue weighted by molar-refractivity contribution is -0.136. The summed E-state index contributed by atoms with van der Waals surface area (Å²) in [5.41, 5.74) is 3.50. The predicted molar refractivity (Wildman–Crippen MR) is 98.7 cm³/mol. The second-order valence-corrected chi connectivity index (χ2v) is 6.55. The fraction of sp³-hybridized carbons (Fsp3) is 0.333. The number of aliphatic hydroxyl groups excluding tert-OH is 1. The molecule has 6 nitrogen and oxygen atoms in total. The number of carbonyl (C=O) groups is 2. The van der Waals surface area contributed by atoms with Gasteiger partial charge in [-0.05, 0) is 36.6 Å². The summed E-state index contributed by atoms with van der Waals surface area (Å²) < 4.78 is 11.3. The van der Waals surface area contributed by atoms with Crippen molar-refractivity contribution in [2.45, 2.75) is 26.2 Å². The standard InChI is InChI=1S/C21H22O6/c1-13-2-4-18-15(10-13)11-17(23)21-16(6-8-26-9-7-22)14(12-20(24)25)3-5-19(21)27-18/h2-5,10,22H,6-9,11-12H2,1H3,(H,24,25). The van der Waals surface area contributed by atoms with E-state index in [1.807, 2.05) is 25.1 Å². The average molecular weight is 370 g/mol. The van der Waals surface area contributed by atoms with Crippen LogP contribution in [0.1, 0.15) is 32.6 Å². The molecule has 0 radical (unpaired) electrons. The molecule has 0 unspecified atom stereocenters. The molecule has 2 N–H and O–H groups in total. The fourth-order valence-corrected chi connectivity index (χ4v) is 3.34. The van der Waals surface area contributed by atoms with Gasteiger partial charge in [0.25, 0.3) is 0 Å². The number of ketones is 1. The number of benzene rings is 2. The second-order valence-electron chi connectivity index (χ2n) is 6.55. The molecule has 27 heavy (non-hydrogen) atoms. The molecule has 0 fully saturated rings. The van der Waals surface area contributed by atoms with E-state index >= 15 is 0 Å². The lowest BCUT2D eigenvalue weighted by Gasteiger charge is -2.16. The van der Waals surface area contributed by atoms with E-state index in [1.165, 1.54) is 0 Å². The summed E-state index contributed by atoms with van der Waals surface area (Å²) in [5, 5.41) is 18.1. The molecule has 6 heteroatoms. The highest BCUT2D eigenvalue weighted by Crippen LogP contribution is 2.37. The minimum Gasteiger partial charge on any atom is -0.481 e. The van der Waals surface area contributed by atoms with E-state index in [-0.39, 0.29) is 38.4 Å². The quantitative estimate of drug-likeness (QED) is 0.728. The normalized spacial score (nSPS) is 12.7. The Hall–Kier alpha value is -2.70. The van der Waals surface area contributed by atoms with Gasteiger partial charge >= 0.3 is 5.97 Å². The lowest BCUT2D eigenvalue weighted by Crippen LogP contribution is -2.14. The predicted octanol–water partition coefficient (Wildman–Crippen LogP) is 2.70. The van der Waals surface area contributed by atoms with E-state index in [9.17, 15) is 14.7 Å². The number of carbonyl (C=O) groups excluding carboxylic acids is 1. The van der Waals surface area contributed by atoms with E-state index in [0.717, 1.165) is 11.1 Å². The molecule has 0 aromatic heterocycles. The van der Waals surface area contributed by atoms with Gasteiger partial charge in [0.05, 0.1) is 31.8 Å². The van der Waals surface area contributed by atoms with Gasteiger partial charge in [-0.3, -0.25) is 9.59 Å². The summed E-state index contributed by atoms with van der Waals surface area (Å²) in [6.07, 6.45) is 0.392. The average Bonchev–Trinajstić information content (AvgIpc) is 2.75. The third-order valence-corrected chi connectivity index (χ3v) is 4.51. The number of carboxylic acids is 1. The molecule has 1 aliphatic heterocycles. The van der Waals surface area contributed by atoms with Crippen LogP contribution in [-0.2, 0) is 28.8 Å². The van der Waals surface area contributed by atoms with E-state index in [4.69, 9.17) is 14.6 Å². The molecule has 1 heterocycles. The Morgan fingerprint density at radius 3 is 2.70 bits per heavy atom. The molecule has 0 amide bonds. The van der Waals surface area contributed by atoms with Crippen LogP contribution in [0.2, 0.25) is 0 Å². The van der Waals surface area contributed by atoms with Crippen LogP contribution in [0.15, 0.2) is 30.3 Å². The van der Waals surface area contributed by atoms with Crippen molar-refractivity contribution in [2.24, 2.45) is 0 Å². The number of rotatable bonds is 7. The first-order valence-corrected chi connectivity index (χ1v) is 8.85. The molecular formula is C21H22O6. The second kappa shape index (κ2) is 8.33. The molecule has 0 saturated carbocycles. The Morgan fingerprint density at radius 1 is 1.19 bits per heavy atom. The summed E-state index contributed by atoms with van der Waals surface area (Å²) >= 11 is 0. The smallest absolute Gasteiger partial charge is 0.307 e. The zero-order chi connectivity index (χ0) is 19.4. The van der Waals surface area contributed by atoms with Crippen LogP contribution in [0.5, 0.6) is 11.5 Å². The van der Waals surface area contributed by atoms with Gasteiger partial charge in [-0.1, -0.05) is 23.8 Å². The molecule has 2 aromatic carbocycles. The molecule has 142 valence electrons. The number of fused-ring (bicyclic) bond motifs is 2. The molecular weight excluding hydrogens is 348 g/mol. The highest BCUT2D eigenvalue weighted by Gasteiger charge is 2.26. The zero-order valence-corrected chi connectivity index (χ0v) is 15.2. The molecule has 0 bridgehead atoms. The van der Waals surface area contributed by atoms with Crippen LogP contribution in [0, 0.1) is 6.92 Å². The largest absolute Gasteiger partial charge is 0.481 e. The van der Waals surface area contributed by atoms with Crippen molar-refractivity contribution in [3.05, 3.63) is 58.1 Å². The van der Waals surface area contributed by atoms with Gasteiger partial charge in [-0.25, -0.2) is 0 Å². The maximum Gasteiger partial charge on any atom is 0.307 e. The van der Waals surface area contributed by atoms with Crippen molar-refractivity contribution in [1.29, 1.82) is 0 Å². The first-order chi connectivity index (χ1) is 13.0. The van der Waals surface area contributed by atoms with Crippen molar-refractivity contribution < 1.29 is 29.3 Å². The molecule has 3 rings (SSSR count). The van der Waals surface area contributed by atoms with Crippen LogP contribution in [0.4, 0.5) is 0 Å². The maximum atomic E-state index is 13.0. The van der Waals surface area contributed by atoms with Crippen LogP contribution in [0.25, 0.3) is 0 Å². The highest BCUT2D eigenvalue weighted by molar-refractivity contribution is 6.03. The van der Waals surface area contributed by atoms with Crippen LogP contribution in [-0.4, -0.2) is 41.8 Å². The third kappa shape index (κ3) is 4.35. The molecule has 1 aliphatic rings. The van der Waals surface area contributed by atoms with E-state index < -0.39 is 5.97 Å². The lowest BCUT2D eigenvalue weighted by atomic mass is 9.91. The van der Waals surface area contributed by atoms with Crippen molar-refractivity contribution in [2.75, 3.05) is 19.8 Å². The van der Waals surface area contributed by atoms with E-state index in [0.29, 0.717) is 34.6 Å². The molecule has 0 aliphatic carbocycles. The third-order valence-electron chi connectivity index (χ3n) is 4.51. The van der Waals surface area contributed by atoms with Gasteiger partial charge in [0, 0.05) is 12.0 Å². The molecule has 0 saturated heterocycles. The number of aliphatic carboxylic acids is 1. The molecule has 0 spiro atoms. The van der Waals surface area contributed by atoms with Gasteiger partial charge in [0.2, 0.25) is 0 Å². The molecule has 2 aromatic rings. The number of aryl methyl sites for hydroxylation is 1. The number of ether oxygens (including phenoxy) is 2. The van der Waals surface area contributed by atoms with Crippen LogP contribution < -0.4 is 4.74 Å². The Bertz CT molecular complexity index is 871. The Balaban J connectivity index is 2.02. The van der Waals surface area contributed by atoms with Gasteiger partial charge < -0.3 is 19.7 Å². The maximum absolute atomic E-state index is 13.0. The van der Waals surface area contributed by atoms with Gasteiger partial charge in [-0.2, -0.15) is 0 Å². The summed E-state index contributed by atoms with van der Waals surface area (Å²) in [6, 6.07) is 9.07. The van der Waals surface area contributed by atoms with Crippen molar-refractivity contribution in [3.63, 3.8) is 0 Å². The van der Waals surface area contributed by atoms with Gasteiger partial charge in [0.1, 0.15) is 11.5 Å². The Kier molecular flexibility index (Phi) is 5.88. The van der Waals surface area contributed by atoms with Crippen molar-refractivity contribution >= 4 is 11.8 Å². The first-order valence-electron chi connectivity index (χ1n) is 8.85. The van der Waals surface area contributed by atoms with Crippen molar-refractivity contribution in [3.8, 4) is 11.5 Å².